The summed E-state index contributed by atoms with van der Waals surface area (Å²) in [4.78, 5) is 17.2. The predicted molar refractivity (Wildman–Crippen MR) is 145 cm³/mol. The van der Waals surface area contributed by atoms with Gasteiger partial charge in [0.2, 0.25) is 0 Å². The molecule has 2 aromatic heterocycles. The van der Waals surface area contributed by atoms with Crippen molar-refractivity contribution in [2.75, 3.05) is 0 Å². The van der Waals surface area contributed by atoms with Gasteiger partial charge in [-0.1, -0.05) is 90.6 Å². The van der Waals surface area contributed by atoms with Gasteiger partial charge in [-0.15, -0.1) is 0 Å². The Morgan fingerprint density at radius 3 is 1.86 bits per heavy atom. The zero-order valence-electron chi connectivity index (χ0n) is 19.0. The van der Waals surface area contributed by atoms with Gasteiger partial charge >= 0.3 is 0 Å². The minimum atomic E-state index is 0.660. The van der Waals surface area contributed by atoms with Gasteiger partial charge in [0.05, 0.1) is 0 Å². The average Bonchev–Trinajstić information content (AvgIpc) is 3.34. The summed E-state index contributed by atoms with van der Waals surface area (Å²) in [7, 11) is 0. The fourth-order valence-corrected chi connectivity index (χ4v) is 6.33. The molecule has 0 atom stereocenters. The van der Waals surface area contributed by atoms with Crippen LogP contribution in [0.1, 0.15) is 0 Å². The van der Waals surface area contributed by atoms with Crippen molar-refractivity contribution in [3.63, 3.8) is 0 Å². The molecule has 36 heavy (non-hydrogen) atoms. The van der Waals surface area contributed by atoms with Gasteiger partial charge in [0.1, 0.15) is 11.2 Å². The lowest BCUT2D eigenvalue weighted by molar-refractivity contribution is 0.669. The summed E-state index contributed by atoms with van der Waals surface area (Å²) in [6.45, 7) is 0. The Bertz CT molecular complexity index is 1910. The molecule has 5 heteroatoms. The maximum absolute atomic E-state index is 6.29. The van der Waals surface area contributed by atoms with Crippen LogP contribution in [-0.2, 0) is 0 Å². The van der Waals surface area contributed by atoms with Crippen molar-refractivity contribution in [2.24, 2.45) is 0 Å². The van der Waals surface area contributed by atoms with E-state index in [4.69, 9.17) is 19.4 Å². The Hall–Kier alpha value is -4.48. The van der Waals surface area contributed by atoms with Crippen LogP contribution in [0.3, 0.4) is 0 Å². The van der Waals surface area contributed by atoms with E-state index >= 15 is 0 Å². The highest BCUT2D eigenvalue weighted by molar-refractivity contribution is 8.00. The maximum Gasteiger partial charge on any atom is 0.165 e. The lowest BCUT2D eigenvalue weighted by Gasteiger charge is -2.17. The third-order valence-corrected chi connectivity index (χ3v) is 7.90. The first-order chi connectivity index (χ1) is 17.8. The van der Waals surface area contributed by atoms with E-state index in [0.717, 1.165) is 38.1 Å². The lowest BCUT2D eigenvalue weighted by Crippen LogP contribution is -2.01. The van der Waals surface area contributed by atoms with Crippen molar-refractivity contribution < 1.29 is 4.42 Å². The van der Waals surface area contributed by atoms with E-state index in [1.54, 1.807) is 11.8 Å². The van der Waals surface area contributed by atoms with Gasteiger partial charge < -0.3 is 4.42 Å². The van der Waals surface area contributed by atoms with Crippen LogP contribution in [0, 0.1) is 0 Å². The minimum Gasteiger partial charge on any atom is -0.456 e. The molecule has 3 heterocycles. The zero-order chi connectivity index (χ0) is 23.6. The largest absolute Gasteiger partial charge is 0.456 e. The van der Waals surface area contributed by atoms with Gasteiger partial charge in [0.15, 0.2) is 17.5 Å². The molecule has 7 aromatic rings. The Kier molecular flexibility index (Phi) is 4.13. The van der Waals surface area contributed by atoms with Crippen LogP contribution in [0.4, 0.5) is 0 Å². The second-order valence-electron chi connectivity index (χ2n) is 8.85. The van der Waals surface area contributed by atoms with Crippen LogP contribution in [0.5, 0.6) is 0 Å². The SMILES string of the molecule is c1ccc(-c2nc(-c3ccccc3)nc(-c3ccc4oc5ccc6cccc7c6c5c4c3S7)n2)cc1. The van der Waals surface area contributed by atoms with Gasteiger partial charge in [-0.3, -0.25) is 0 Å². The molecule has 5 aromatic carbocycles. The van der Waals surface area contributed by atoms with E-state index in [0.29, 0.717) is 17.5 Å². The summed E-state index contributed by atoms with van der Waals surface area (Å²) < 4.78 is 6.29. The van der Waals surface area contributed by atoms with Gasteiger partial charge in [-0.05, 0) is 29.7 Å². The first-order valence-electron chi connectivity index (χ1n) is 11.8. The van der Waals surface area contributed by atoms with Crippen molar-refractivity contribution in [3.8, 4) is 34.2 Å². The number of hydrogen-bond donors (Lipinski definition) is 0. The molecule has 0 radical (unpaired) electrons. The monoisotopic (exact) mass is 479 g/mol. The molecule has 0 saturated carbocycles. The minimum absolute atomic E-state index is 0.660. The topological polar surface area (TPSA) is 51.8 Å². The number of nitrogens with zero attached hydrogens (tertiary/aromatic N) is 3. The van der Waals surface area contributed by atoms with Crippen LogP contribution in [0.25, 0.3) is 66.9 Å². The van der Waals surface area contributed by atoms with Crippen molar-refractivity contribution in [1.82, 2.24) is 15.0 Å². The van der Waals surface area contributed by atoms with E-state index in [9.17, 15) is 0 Å². The molecule has 1 aliphatic heterocycles. The van der Waals surface area contributed by atoms with E-state index in [-0.39, 0.29) is 0 Å². The highest BCUT2D eigenvalue weighted by Gasteiger charge is 2.26. The summed E-state index contributed by atoms with van der Waals surface area (Å²) in [5.41, 5.74) is 4.70. The summed E-state index contributed by atoms with van der Waals surface area (Å²) in [5.74, 6) is 1.98. The van der Waals surface area contributed by atoms with Gasteiger partial charge in [-0.2, -0.15) is 0 Å². The molecule has 0 saturated heterocycles. The normalized spacial score (nSPS) is 12.3. The molecule has 0 fully saturated rings. The van der Waals surface area contributed by atoms with Crippen molar-refractivity contribution in [1.29, 1.82) is 0 Å². The third-order valence-electron chi connectivity index (χ3n) is 6.71. The molecule has 0 N–H and O–H groups in total. The van der Waals surface area contributed by atoms with Crippen LogP contribution in [-0.4, -0.2) is 15.0 Å². The van der Waals surface area contributed by atoms with Crippen LogP contribution in [0.2, 0.25) is 0 Å². The van der Waals surface area contributed by atoms with Crippen molar-refractivity contribution in [2.45, 2.75) is 9.79 Å². The Morgan fingerprint density at radius 2 is 1.14 bits per heavy atom. The van der Waals surface area contributed by atoms with E-state index in [1.807, 2.05) is 66.7 Å². The first kappa shape index (κ1) is 19.8. The summed E-state index contributed by atoms with van der Waals surface area (Å²) in [6.07, 6.45) is 0. The second kappa shape index (κ2) is 7.51. The Morgan fingerprint density at radius 1 is 0.500 bits per heavy atom. The molecule has 1 aliphatic rings. The Labute approximate surface area is 210 Å². The van der Waals surface area contributed by atoms with Gasteiger partial charge in [0, 0.05) is 42.6 Å². The molecule has 8 rings (SSSR count). The summed E-state index contributed by atoms with van der Waals surface area (Å²) in [6, 6.07) is 35.0. The number of hydrogen-bond acceptors (Lipinski definition) is 5. The second-order valence-corrected chi connectivity index (χ2v) is 9.90. The number of aromatic nitrogens is 3. The van der Waals surface area contributed by atoms with Gasteiger partial charge in [0.25, 0.3) is 0 Å². The zero-order valence-corrected chi connectivity index (χ0v) is 19.8. The molecule has 168 valence electrons. The first-order valence-corrected chi connectivity index (χ1v) is 12.6. The smallest absolute Gasteiger partial charge is 0.165 e. The molecular formula is C31H17N3OS. The maximum atomic E-state index is 6.29. The quantitative estimate of drug-likeness (QED) is 0.255. The van der Waals surface area contributed by atoms with Crippen molar-refractivity contribution >= 4 is 44.5 Å². The van der Waals surface area contributed by atoms with E-state index < -0.39 is 0 Å². The molecule has 4 nitrogen and oxygen atoms in total. The van der Waals surface area contributed by atoms with Crippen molar-refractivity contribution in [3.05, 3.63) is 103 Å². The van der Waals surface area contributed by atoms with Gasteiger partial charge in [-0.25, -0.2) is 15.0 Å². The third kappa shape index (κ3) is 2.87. The fourth-order valence-electron chi connectivity index (χ4n) is 5.07. The molecular weight excluding hydrogens is 462 g/mol. The summed E-state index contributed by atoms with van der Waals surface area (Å²) >= 11 is 1.77. The molecule has 0 aliphatic carbocycles. The molecule has 0 unspecified atom stereocenters. The molecule has 0 bridgehead atoms. The van der Waals surface area contributed by atoms with Crippen LogP contribution in [0.15, 0.2) is 117 Å². The lowest BCUT2D eigenvalue weighted by atomic mass is 10.0. The standard InChI is InChI=1S/C31H17N3OS/c1-3-8-19(9-4-1)29-32-30(20-10-5-2-6-11-20)34-31(33-29)21-15-17-23-27-26-22(35-23)16-14-18-12-7-13-24(25(18)26)36-28(21)27/h1-17H. The Balaban J connectivity index is 1.44. The van der Waals surface area contributed by atoms with E-state index in [1.165, 1.54) is 21.1 Å². The summed E-state index contributed by atoms with van der Waals surface area (Å²) in [5, 5.41) is 4.80. The highest BCUT2D eigenvalue weighted by Crippen LogP contribution is 2.52. The molecule has 0 amide bonds. The van der Waals surface area contributed by atoms with Crippen LogP contribution >= 0.6 is 11.8 Å². The number of benzene rings is 5. The van der Waals surface area contributed by atoms with Crippen LogP contribution < -0.4 is 0 Å². The number of rotatable bonds is 3. The fraction of sp³-hybridized carbons (Fsp3) is 0. The van der Waals surface area contributed by atoms with E-state index in [2.05, 4.69) is 36.4 Å². The average molecular weight is 480 g/mol. The molecule has 0 spiro atoms. The number of furan rings is 1. The predicted octanol–water partition coefficient (Wildman–Crippen LogP) is 8.39. The highest BCUT2D eigenvalue weighted by atomic mass is 32.2.